The van der Waals surface area contributed by atoms with Gasteiger partial charge in [-0.1, -0.05) is 0 Å². The van der Waals surface area contributed by atoms with Gasteiger partial charge in [-0.3, -0.25) is 13.8 Å². The summed E-state index contributed by atoms with van der Waals surface area (Å²) in [5.41, 5.74) is -0.955. The molecular weight excluding hydrogens is 326 g/mol. The Morgan fingerprint density at radius 1 is 1.20 bits per heavy atom. The van der Waals surface area contributed by atoms with Crippen LogP contribution in [0.5, 0.6) is 0 Å². The molecule has 20 heavy (non-hydrogen) atoms. The topological polar surface area (TPSA) is 200 Å². The molecular formula is C6H11NO11S2. The van der Waals surface area contributed by atoms with Crippen LogP contribution in [0.2, 0.25) is 0 Å². The van der Waals surface area contributed by atoms with E-state index in [0.717, 1.165) is 0 Å². The Labute approximate surface area is 113 Å². The Kier molecular flexibility index (Phi) is 4.80. The molecule has 0 saturated carbocycles. The molecule has 0 bridgehead atoms. The predicted molar refractivity (Wildman–Crippen MR) is 58.7 cm³/mol. The minimum atomic E-state index is -4.85. The van der Waals surface area contributed by atoms with Crippen LogP contribution in [0.15, 0.2) is 11.6 Å². The van der Waals surface area contributed by atoms with Gasteiger partial charge in [-0.25, -0.2) is 4.18 Å². The van der Waals surface area contributed by atoms with Crippen molar-refractivity contribution in [1.82, 2.24) is 4.72 Å². The Morgan fingerprint density at radius 2 is 1.75 bits per heavy atom. The van der Waals surface area contributed by atoms with E-state index in [0.29, 0.717) is 0 Å². The van der Waals surface area contributed by atoms with E-state index in [1.165, 1.54) is 4.72 Å². The maximum absolute atomic E-state index is 10.5. The molecule has 1 aliphatic heterocycles. The first-order chi connectivity index (χ1) is 8.91. The highest BCUT2D eigenvalue weighted by atomic mass is 32.3. The summed E-state index contributed by atoms with van der Waals surface area (Å²) in [7, 11) is -9.70. The number of ether oxygens (including phenoxy) is 1. The van der Waals surface area contributed by atoms with E-state index >= 15 is 0 Å². The van der Waals surface area contributed by atoms with E-state index < -0.39 is 57.3 Å². The first-order valence-electron chi connectivity index (χ1n) is 4.73. The average molecular weight is 337 g/mol. The first-order valence-corrected chi connectivity index (χ1v) is 7.54. The minimum Gasteiger partial charge on any atom is -0.480 e. The third kappa shape index (κ3) is 4.75. The van der Waals surface area contributed by atoms with Gasteiger partial charge in [0, 0.05) is 0 Å². The summed E-state index contributed by atoms with van der Waals surface area (Å²) < 4.78 is 68.3. The van der Waals surface area contributed by atoms with Gasteiger partial charge in [-0.05, 0) is 0 Å². The van der Waals surface area contributed by atoms with E-state index in [1.54, 1.807) is 0 Å². The molecule has 1 heterocycles. The van der Waals surface area contributed by atoms with Gasteiger partial charge >= 0.3 is 26.6 Å². The number of aliphatic hydroxyl groups excluding tert-OH is 3. The molecule has 14 heteroatoms. The fourth-order valence-electron chi connectivity index (χ4n) is 1.31. The highest BCUT2D eigenvalue weighted by molar-refractivity contribution is 7.83. The van der Waals surface area contributed by atoms with Crippen LogP contribution >= 0.6 is 0 Å². The van der Waals surface area contributed by atoms with Crippen LogP contribution in [-0.2, 0) is 29.6 Å². The van der Waals surface area contributed by atoms with Crippen molar-refractivity contribution in [2.75, 3.05) is 6.61 Å². The lowest BCUT2D eigenvalue weighted by Gasteiger charge is -2.32. The normalized spacial score (nSPS) is 28.1. The fraction of sp³-hybridized carbons (Fsp3) is 0.667. The van der Waals surface area contributed by atoms with Crippen LogP contribution in [0.3, 0.4) is 0 Å². The zero-order valence-corrected chi connectivity index (χ0v) is 11.1. The van der Waals surface area contributed by atoms with Crippen molar-refractivity contribution in [3.8, 4) is 0 Å². The van der Waals surface area contributed by atoms with Crippen LogP contribution in [0.1, 0.15) is 0 Å². The molecule has 0 aromatic rings. The Hall–Kier alpha value is -1.16. The summed E-state index contributed by atoms with van der Waals surface area (Å²) in [6.07, 6.45) is -5.60. The van der Waals surface area contributed by atoms with Crippen LogP contribution in [0.25, 0.3) is 0 Å². The second-order valence-corrected chi connectivity index (χ2v) is 5.85. The maximum Gasteiger partial charge on any atom is 0.397 e. The zero-order valence-electron chi connectivity index (χ0n) is 9.44. The Morgan fingerprint density at radius 3 is 2.20 bits per heavy atom. The van der Waals surface area contributed by atoms with Crippen molar-refractivity contribution in [3.63, 3.8) is 0 Å². The molecule has 0 radical (unpaired) electrons. The van der Waals surface area contributed by atoms with Crippen LogP contribution in [0.4, 0.5) is 0 Å². The van der Waals surface area contributed by atoms with Crippen molar-refractivity contribution in [1.29, 1.82) is 0 Å². The third-order valence-electron chi connectivity index (χ3n) is 2.11. The fourth-order valence-corrected chi connectivity index (χ4v) is 2.10. The number of rotatable bonds is 5. The van der Waals surface area contributed by atoms with Crippen LogP contribution in [0, 0.1) is 0 Å². The number of hydrogen-bond donors (Lipinski definition) is 6. The summed E-state index contributed by atoms with van der Waals surface area (Å²) in [4.78, 5) is 0. The summed E-state index contributed by atoms with van der Waals surface area (Å²) in [6, 6.07) is 0. The number of aliphatic hydroxyl groups is 3. The van der Waals surface area contributed by atoms with Crippen molar-refractivity contribution in [2.24, 2.45) is 0 Å². The monoisotopic (exact) mass is 337 g/mol. The predicted octanol–water partition coefficient (Wildman–Crippen LogP) is -2.95. The molecule has 0 spiro atoms. The van der Waals surface area contributed by atoms with Crippen molar-refractivity contribution in [3.05, 3.63) is 11.6 Å². The number of nitrogens with one attached hydrogen (secondary N) is 1. The quantitative estimate of drug-likeness (QED) is 0.280. The van der Waals surface area contributed by atoms with Gasteiger partial charge in [0.05, 0.1) is 0 Å². The second kappa shape index (κ2) is 5.68. The van der Waals surface area contributed by atoms with E-state index in [2.05, 4.69) is 8.92 Å². The van der Waals surface area contributed by atoms with Gasteiger partial charge in [0.25, 0.3) is 0 Å². The van der Waals surface area contributed by atoms with Gasteiger partial charge in [-0.15, -0.1) is 0 Å². The van der Waals surface area contributed by atoms with Crippen molar-refractivity contribution >= 4 is 20.7 Å². The SMILES string of the molecule is O=S(=O)(O)NC1=C(O)O[C@H](COS(=O)(=O)O)[C@@H](O)[C@@H]1O. The lowest BCUT2D eigenvalue weighted by molar-refractivity contribution is -0.121. The van der Waals surface area contributed by atoms with E-state index in [1.807, 2.05) is 0 Å². The van der Waals surface area contributed by atoms with Crippen LogP contribution in [-0.4, -0.2) is 66.2 Å². The second-order valence-electron chi connectivity index (χ2n) is 3.60. The Bertz CT molecular complexity index is 592. The molecule has 3 atom stereocenters. The molecule has 0 saturated heterocycles. The molecule has 6 N–H and O–H groups in total. The first kappa shape index (κ1) is 16.9. The molecule has 0 aliphatic carbocycles. The van der Waals surface area contributed by atoms with E-state index in [9.17, 15) is 32.2 Å². The van der Waals surface area contributed by atoms with Gasteiger partial charge in [0.1, 0.15) is 24.5 Å². The summed E-state index contributed by atoms with van der Waals surface area (Å²) in [5, 5.41) is 28.3. The summed E-state index contributed by atoms with van der Waals surface area (Å²) in [5.74, 6) is -1.22. The largest absolute Gasteiger partial charge is 0.480 e. The van der Waals surface area contributed by atoms with Gasteiger partial charge in [0.2, 0.25) is 0 Å². The van der Waals surface area contributed by atoms with Gasteiger partial charge in [-0.2, -0.15) is 16.8 Å². The molecule has 0 amide bonds. The lowest BCUT2D eigenvalue weighted by atomic mass is 10.0. The van der Waals surface area contributed by atoms with Crippen molar-refractivity contribution in [2.45, 2.75) is 18.3 Å². The standard InChI is InChI=1S/C6H11NO11S2/c8-4-2(1-17-20(14,15)16)18-6(10)3(5(4)9)7-19(11,12)13/h2,4-5,7-10H,1H2,(H,11,12,13)(H,14,15,16)/t2-,4-,5-/m1/s1. The molecule has 0 aromatic carbocycles. The molecule has 12 nitrogen and oxygen atoms in total. The molecule has 0 unspecified atom stereocenters. The molecule has 1 aliphatic rings. The third-order valence-corrected chi connectivity index (χ3v) is 3.03. The molecule has 0 fully saturated rings. The van der Waals surface area contributed by atoms with Gasteiger partial charge < -0.3 is 20.1 Å². The summed E-state index contributed by atoms with van der Waals surface area (Å²) >= 11 is 0. The molecule has 1 rings (SSSR count). The van der Waals surface area contributed by atoms with E-state index in [4.69, 9.17) is 9.11 Å². The van der Waals surface area contributed by atoms with E-state index in [-0.39, 0.29) is 0 Å². The molecule has 118 valence electrons. The smallest absolute Gasteiger partial charge is 0.397 e. The van der Waals surface area contributed by atoms with Crippen molar-refractivity contribution < 1.29 is 50.2 Å². The lowest BCUT2D eigenvalue weighted by Crippen LogP contribution is -2.50. The Balaban J connectivity index is 2.90. The molecule has 0 aromatic heterocycles. The zero-order chi connectivity index (χ0) is 15.7. The highest BCUT2D eigenvalue weighted by Crippen LogP contribution is 2.22. The average Bonchev–Trinajstić information content (AvgIpc) is 2.25. The van der Waals surface area contributed by atoms with Gasteiger partial charge in [0.15, 0.2) is 6.10 Å². The maximum atomic E-state index is 10.5. The summed E-state index contributed by atoms with van der Waals surface area (Å²) in [6.45, 7) is -0.972. The minimum absolute atomic E-state index is 0.955. The van der Waals surface area contributed by atoms with Crippen LogP contribution < -0.4 is 4.72 Å². The number of hydrogen-bond acceptors (Lipinski definition) is 9. The highest BCUT2D eigenvalue weighted by Gasteiger charge is 2.40.